The van der Waals surface area contributed by atoms with Gasteiger partial charge >= 0.3 is 0 Å². The molecule has 0 heterocycles. The molecule has 0 aromatic heterocycles. The van der Waals surface area contributed by atoms with Crippen molar-refractivity contribution in [3.05, 3.63) is 29.6 Å². The average Bonchev–Trinajstić information content (AvgIpc) is 2.29. The fourth-order valence-electron chi connectivity index (χ4n) is 1.57. The van der Waals surface area contributed by atoms with Crippen LogP contribution in [0.15, 0.2) is 18.2 Å². The minimum atomic E-state index is -0.255. The van der Waals surface area contributed by atoms with Crippen LogP contribution in [0.2, 0.25) is 0 Å². The number of likely N-dealkylation sites (N-methyl/N-ethyl adjacent to an activating group) is 1. The second-order valence-corrected chi connectivity index (χ2v) is 4.60. The molecule has 0 fully saturated rings. The predicted molar refractivity (Wildman–Crippen MR) is 68.9 cm³/mol. The molecule has 0 aliphatic rings. The zero-order valence-corrected chi connectivity index (χ0v) is 11.1. The number of aryl methyl sites for hydroxylation is 1. The summed E-state index contributed by atoms with van der Waals surface area (Å²) in [6, 6.07) is 5.25. The van der Waals surface area contributed by atoms with Crippen LogP contribution < -0.4 is 10.1 Å². The third-order valence-electron chi connectivity index (χ3n) is 2.77. The van der Waals surface area contributed by atoms with E-state index in [9.17, 15) is 4.39 Å². The fourth-order valence-corrected chi connectivity index (χ4v) is 1.57. The van der Waals surface area contributed by atoms with Crippen molar-refractivity contribution in [1.29, 1.82) is 0 Å². The molecule has 1 aromatic rings. The number of halogens is 1. The molecule has 1 N–H and O–H groups in total. The highest BCUT2D eigenvalue weighted by molar-refractivity contribution is 5.30. The largest absolute Gasteiger partial charge is 0.486 e. The smallest absolute Gasteiger partial charge is 0.167 e. The molecule has 3 heteroatoms. The second kappa shape index (κ2) is 6.60. The number of rotatable bonds is 6. The molecule has 0 saturated heterocycles. The van der Waals surface area contributed by atoms with Gasteiger partial charge in [0.15, 0.2) is 11.6 Å². The second-order valence-electron chi connectivity index (χ2n) is 4.60. The summed E-state index contributed by atoms with van der Waals surface area (Å²) in [7, 11) is 0. The summed E-state index contributed by atoms with van der Waals surface area (Å²) in [5.41, 5.74) is 0.619. The van der Waals surface area contributed by atoms with Crippen molar-refractivity contribution >= 4 is 0 Å². The number of hydrogen-bond acceptors (Lipinski definition) is 2. The number of benzene rings is 1. The fraction of sp³-hybridized carbons (Fsp3) is 0.571. The Labute approximate surface area is 103 Å². The minimum Gasteiger partial charge on any atom is -0.486 e. The standard InChI is InChI=1S/C14H22FNO/c1-5-16-9-13(10(2)3)17-12-8-6-7-11(4)14(12)15/h6-8,10,13,16H,5,9H2,1-4H3. The first-order valence-electron chi connectivity index (χ1n) is 6.18. The van der Waals surface area contributed by atoms with E-state index in [0.717, 1.165) is 13.1 Å². The van der Waals surface area contributed by atoms with E-state index in [-0.39, 0.29) is 11.9 Å². The highest BCUT2D eigenvalue weighted by Gasteiger charge is 2.17. The first-order valence-corrected chi connectivity index (χ1v) is 6.18. The number of hydrogen-bond donors (Lipinski definition) is 1. The Morgan fingerprint density at radius 1 is 1.35 bits per heavy atom. The summed E-state index contributed by atoms with van der Waals surface area (Å²) in [5.74, 6) is 0.435. The summed E-state index contributed by atoms with van der Waals surface area (Å²) in [4.78, 5) is 0. The van der Waals surface area contributed by atoms with Crippen molar-refractivity contribution < 1.29 is 9.13 Å². The van der Waals surface area contributed by atoms with Crippen molar-refractivity contribution in [3.63, 3.8) is 0 Å². The SMILES string of the molecule is CCNCC(Oc1cccc(C)c1F)C(C)C. The Balaban J connectivity index is 2.75. The van der Waals surface area contributed by atoms with Gasteiger partial charge in [-0.05, 0) is 31.0 Å². The molecule has 0 bridgehead atoms. The van der Waals surface area contributed by atoms with Crippen molar-refractivity contribution in [2.45, 2.75) is 33.8 Å². The predicted octanol–water partition coefficient (Wildman–Crippen LogP) is 3.15. The molecule has 0 saturated carbocycles. The lowest BCUT2D eigenvalue weighted by Crippen LogP contribution is -2.35. The lowest BCUT2D eigenvalue weighted by molar-refractivity contribution is 0.143. The molecule has 96 valence electrons. The zero-order chi connectivity index (χ0) is 12.8. The van der Waals surface area contributed by atoms with Gasteiger partial charge in [0.05, 0.1) is 0 Å². The van der Waals surface area contributed by atoms with Crippen LogP contribution in [0.4, 0.5) is 4.39 Å². The monoisotopic (exact) mass is 239 g/mol. The molecule has 17 heavy (non-hydrogen) atoms. The Kier molecular flexibility index (Phi) is 5.42. The van der Waals surface area contributed by atoms with Gasteiger partial charge in [0.2, 0.25) is 0 Å². The summed E-state index contributed by atoms with van der Waals surface area (Å²) in [6.45, 7) is 9.58. The van der Waals surface area contributed by atoms with Gasteiger partial charge in [0, 0.05) is 6.54 Å². The van der Waals surface area contributed by atoms with E-state index in [2.05, 4.69) is 19.2 Å². The van der Waals surface area contributed by atoms with Crippen LogP contribution in [0.1, 0.15) is 26.3 Å². The van der Waals surface area contributed by atoms with Crippen molar-refractivity contribution in [2.24, 2.45) is 5.92 Å². The first-order chi connectivity index (χ1) is 8.06. The molecule has 2 nitrogen and oxygen atoms in total. The third kappa shape index (κ3) is 4.00. The van der Waals surface area contributed by atoms with Gasteiger partial charge in [-0.2, -0.15) is 0 Å². The molecule has 0 amide bonds. The van der Waals surface area contributed by atoms with Gasteiger partial charge < -0.3 is 10.1 Å². The minimum absolute atomic E-state index is 0.00810. The summed E-state index contributed by atoms with van der Waals surface area (Å²) >= 11 is 0. The molecule has 1 unspecified atom stereocenters. The third-order valence-corrected chi connectivity index (χ3v) is 2.77. The maximum atomic E-state index is 13.8. The van der Waals surface area contributed by atoms with E-state index in [0.29, 0.717) is 17.2 Å². The van der Waals surface area contributed by atoms with Gasteiger partial charge in [-0.1, -0.05) is 32.9 Å². The highest BCUT2D eigenvalue weighted by atomic mass is 19.1. The molecule has 0 spiro atoms. The van der Waals surface area contributed by atoms with Crippen molar-refractivity contribution in [1.82, 2.24) is 5.32 Å². The van der Waals surface area contributed by atoms with Crippen molar-refractivity contribution in [2.75, 3.05) is 13.1 Å². The molecule has 0 aliphatic carbocycles. The lowest BCUT2D eigenvalue weighted by Gasteiger charge is -2.23. The molecule has 0 radical (unpaired) electrons. The van der Waals surface area contributed by atoms with Crippen LogP contribution in [-0.2, 0) is 0 Å². The summed E-state index contributed by atoms with van der Waals surface area (Å²) in [5, 5.41) is 3.24. The zero-order valence-electron chi connectivity index (χ0n) is 11.1. The van der Waals surface area contributed by atoms with E-state index in [1.807, 2.05) is 13.0 Å². The molecule has 1 atom stereocenters. The average molecular weight is 239 g/mol. The van der Waals surface area contributed by atoms with E-state index in [1.165, 1.54) is 0 Å². The van der Waals surface area contributed by atoms with Crippen LogP contribution in [0.25, 0.3) is 0 Å². The summed E-state index contributed by atoms with van der Waals surface area (Å²) in [6.07, 6.45) is -0.00810. The van der Waals surface area contributed by atoms with Crippen molar-refractivity contribution in [3.8, 4) is 5.75 Å². The maximum Gasteiger partial charge on any atom is 0.167 e. The van der Waals surface area contributed by atoms with E-state index in [4.69, 9.17) is 4.74 Å². The highest BCUT2D eigenvalue weighted by Crippen LogP contribution is 2.22. The van der Waals surface area contributed by atoms with Gasteiger partial charge in [-0.25, -0.2) is 4.39 Å². The Morgan fingerprint density at radius 3 is 2.65 bits per heavy atom. The van der Waals surface area contributed by atoms with Crippen LogP contribution in [0, 0.1) is 18.7 Å². The number of nitrogens with one attached hydrogen (secondary N) is 1. The van der Waals surface area contributed by atoms with Gasteiger partial charge in [0.25, 0.3) is 0 Å². The molecule has 1 rings (SSSR count). The van der Waals surface area contributed by atoms with Gasteiger partial charge in [-0.3, -0.25) is 0 Å². The van der Waals surface area contributed by atoms with E-state index in [1.54, 1.807) is 19.1 Å². The Morgan fingerprint density at radius 2 is 2.06 bits per heavy atom. The summed E-state index contributed by atoms with van der Waals surface area (Å²) < 4.78 is 19.6. The topological polar surface area (TPSA) is 21.3 Å². The van der Waals surface area contributed by atoms with E-state index < -0.39 is 0 Å². The van der Waals surface area contributed by atoms with E-state index >= 15 is 0 Å². The van der Waals surface area contributed by atoms with Gasteiger partial charge in [0.1, 0.15) is 6.10 Å². The Bertz CT molecular complexity index is 352. The lowest BCUT2D eigenvalue weighted by atomic mass is 10.1. The normalized spacial score (nSPS) is 12.8. The molecule has 1 aromatic carbocycles. The Hall–Kier alpha value is -1.09. The van der Waals surface area contributed by atoms with Crippen LogP contribution >= 0.6 is 0 Å². The van der Waals surface area contributed by atoms with Gasteiger partial charge in [-0.15, -0.1) is 0 Å². The first kappa shape index (κ1) is 14.0. The quantitative estimate of drug-likeness (QED) is 0.823. The van der Waals surface area contributed by atoms with Crippen LogP contribution in [-0.4, -0.2) is 19.2 Å². The molecule has 0 aliphatic heterocycles. The maximum absolute atomic E-state index is 13.8. The van der Waals surface area contributed by atoms with Crippen LogP contribution in [0.5, 0.6) is 5.75 Å². The number of ether oxygens (including phenoxy) is 1. The molecular weight excluding hydrogens is 217 g/mol. The molecular formula is C14H22FNO. The van der Waals surface area contributed by atoms with Crippen LogP contribution in [0.3, 0.4) is 0 Å².